The van der Waals surface area contributed by atoms with Gasteiger partial charge in [0.1, 0.15) is 23.4 Å². The van der Waals surface area contributed by atoms with Crippen LogP contribution in [0.2, 0.25) is 0 Å². The van der Waals surface area contributed by atoms with Crippen LogP contribution in [0.4, 0.5) is 4.79 Å². The minimum Gasteiger partial charge on any atom is -0.507 e. The van der Waals surface area contributed by atoms with Crippen LogP contribution in [0.3, 0.4) is 0 Å². The largest absolute Gasteiger partial charge is 0.507 e. The van der Waals surface area contributed by atoms with Crippen molar-refractivity contribution in [3.05, 3.63) is 42.0 Å². The molecular weight excluding hydrogens is 466 g/mol. The van der Waals surface area contributed by atoms with E-state index in [-0.39, 0.29) is 30.0 Å². The summed E-state index contributed by atoms with van der Waals surface area (Å²) < 4.78 is 5.29. The second kappa shape index (κ2) is 12.9. The number of nitrogens with zero attached hydrogens (tertiary/aromatic N) is 1. The molecule has 194 valence electrons. The fraction of sp³-hybridized carbons (Fsp3) is 0.577. The molecule has 2 rings (SSSR count). The van der Waals surface area contributed by atoms with E-state index in [2.05, 4.69) is 29.8 Å². The van der Waals surface area contributed by atoms with Gasteiger partial charge in [-0.25, -0.2) is 4.79 Å². The van der Waals surface area contributed by atoms with Crippen LogP contribution in [0.5, 0.6) is 5.75 Å². The number of phenols is 1. The predicted molar refractivity (Wildman–Crippen MR) is 140 cm³/mol. The molecule has 2 atom stereocenters. The Kier molecular flexibility index (Phi) is 10.5. The second-order valence-corrected chi connectivity index (χ2v) is 10.3. The lowest BCUT2D eigenvalue weighted by molar-refractivity contribution is -0.141. The van der Waals surface area contributed by atoms with Crippen molar-refractivity contribution in [2.45, 2.75) is 83.5 Å². The average Bonchev–Trinajstić information content (AvgIpc) is 2.79. The number of alkyl carbamates (subject to hydrolysis) is 1. The highest BCUT2D eigenvalue weighted by Crippen LogP contribution is 2.33. The number of aryl methyl sites for hydroxylation is 1. The molecule has 0 saturated heterocycles. The number of benzene rings is 1. The summed E-state index contributed by atoms with van der Waals surface area (Å²) in [7, 11) is 0. The summed E-state index contributed by atoms with van der Waals surface area (Å²) in [6.45, 7) is 10.7. The lowest BCUT2D eigenvalue weighted by Gasteiger charge is -2.35. The van der Waals surface area contributed by atoms with Crippen LogP contribution in [0, 0.1) is 6.92 Å². The molecular formula is C26H39N3O5S. The third kappa shape index (κ3) is 8.19. The fourth-order valence-electron chi connectivity index (χ4n) is 4.18. The van der Waals surface area contributed by atoms with E-state index in [1.54, 1.807) is 45.9 Å². The molecule has 0 heterocycles. The minimum absolute atomic E-state index is 0.00643. The molecule has 8 nitrogen and oxygen atoms in total. The van der Waals surface area contributed by atoms with Crippen molar-refractivity contribution in [3.8, 4) is 5.75 Å². The lowest BCUT2D eigenvalue weighted by atomic mass is 9.94. The van der Waals surface area contributed by atoms with E-state index in [1.807, 2.05) is 0 Å². The molecule has 0 aromatic heterocycles. The highest BCUT2D eigenvalue weighted by Gasteiger charge is 2.37. The summed E-state index contributed by atoms with van der Waals surface area (Å²) in [5.74, 6) is -0.984. The highest BCUT2D eigenvalue weighted by molar-refractivity contribution is 7.80. The number of carbonyl (C=O) groups is 3. The number of rotatable bonds is 9. The Balaban J connectivity index is 2.42. The molecule has 3 amide bonds. The summed E-state index contributed by atoms with van der Waals surface area (Å²) in [4.78, 5) is 41.0. The van der Waals surface area contributed by atoms with Crippen LogP contribution >= 0.6 is 12.6 Å². The van der Waals surface area contributed by atoms with Gasteiger partial charge in [0.05, 0.1) is 0 Å². The van der Waals surface area contributed by atoms with Gasteiger partial charge < -0.3 is 25.4 Å². The van der Waals surface area contributed by atoms with Crippen molar-refractivity contribution in [2.75, 3.05) is 12.3 Å². The van der Waals surface area contributed by atoms with E-state index < -0.39 is 29.7 Å². The van der Waals surface area contributed by atoms with Crippen molar-refractivity contribution in [2.24, 2.45) is 0 Å². The van der Waals surface area contributed by atoms with Gasteiger partial charge in [0.25, 0.3) is 0 Å². The summed E-state index contributed by atoms with van der Waals surface area (Å²) in [5, 5.41) is 16.5. The highest BCUT2D eigenvalue weighted by atomic mass is 32.1. The fourth-order valence-corrected chi connectivity index (χ4v) is 4.42. The maximum Gasteiger partial charge on any atom is 0.408 e. The van der Waals surface area contributed by atoms with E-state index in [4.69, 9.17) is 4.74 Å². The molecule has 1 aliphatic rings. The van der Waals surface area contributed by atoms with Crippen LogP contribution in [0.15, 0.2) is 30.9 Å². The lowest BCUT2D eigenvalue weighted by Crippen LogP contribution is -2.54. The maximum absolute atomic E-state index is 13.7. The zero-order valence-electron chi connectivity index (χ0n) is 21.2. The van der Waals surface area contributed by atoms with Gasteiger partial charge in [-0.1, -0.05) is 43.5 Å². The molecule has 1 aromatic carbocycles. The molecule has 0 spiro atoms. The van der Waals surface area contributed by atoms with Crippen molar-refractivity contribution >= 4 is 30.5 Å². The average molecular weight is 506 g/mol. The van der Waals surface area contributed by atoms with Crippen LogP contribution in [-0.2, 0) is 14.3 Å². The first-order valence-corrected chi connectivity index (χ1v) is 12.7. The Morgan fingerprint density at radius 1 is 1.26 bits per heavy atom. The Bertz CT molecular complexity index is 909. The number of phenolic OH excluding ortho intramolecular Hbond substituents is 1. The number of thiol groups is 1. The smallest absolute Gasteiger partial charge is 0.408 e. The van der Waals surface area contributed by atoms with Crippen molar-refractivity contribution in [3.63, 3.8) is 0 Å². The van der Waals surface area contributed by atoms with E-state index >= 15 is 0 Å². The first kappa shape index (κ1) is 28.6. The molecule has 2 unspecified atom stereocenters. The van der Waals surface area contributed by atoms with Gasteiger partial charge in [-0.2, -0.15) is 12.6 Å². The van der Waals surface area contributed by atoms with Gasteiger partial charge >= 0.3 is 6.09 Å². The number of hydrogen-bond acceptors (Lipinski definition) is 6. The predicted octanol–water partition coefficient (Wildman–Crippen LogP) is 4.03. The molecule has 9 heteroatoms. The van der Waals surface area contributed by atoms with Gasteiger partial charge in [0.2, 0.25) is 11.8 Å². The summed E-state index contributed by atoms with van der Waals surface area (Å²) >= 11 is 4.26. The molecule has 3 N–H and O–H groups in total. The number of carbonyl (C=O) groups excluding carboxylic acids is 3. The third-order valence-electron chi connectivity index (χ3n) is 5.86. The topological polar surface area (TPSA) is 108 Å². The number of aromatic hydroxyl groups is 1. The van der Waals surface area contributed by atoms with Gasteiger partial charge in [-0.05, 0) is 46.1 Å². The van der Waals surface area contributed by atoms with E-state index in [9.17, 15) is 19.5 Å². The SMILES string of the molecule is C=CCN(C(=O)C(CS)NC(=O)OC(C)(C)C)C(C(=O)NC1CCCCC1)c1cccc(C)c1O. The van der Waals surface area contributed by atoms with Crippen LogP contribution < -0.4 is 10.6 Å². The van der Waals surface area contributed by atoms with Crippen LogP contribution in [0.1, 0.15) is 70.0 Å². The molecule has 0 bridgehead atoms. The summed E-state index contributed by atoms with van der Waals surface area (Å²) in [5.41, 5.74) is 0.149. The number of para-hydroxylation sites is 1. The number of amides is 3. The Labute approximate surface area is 213 Å². The zero-order valence-corrected chi connectivity index (χ0v) is 22.1. The van der Waals surface area contributed by atoms with Gasteiger partial charge in [-0.15, -0.1) is 6.58 Å². The van der Waals surface area contributed by atoms with Crippen molar-refractivity contribution in [1.29, 1.82) is 0 Å². The van der Waals surface area contributed by atoms with Crippen LogP contribution in [0.25, 0.3) is 0 Å². The molecule has 1 aliphatic carbocycles. The quantitative estimate of drug-likeness (QED) is 0.299. The van der Waals surface area contributed by atoms with Gasteiger partial charge in [0.15, 0.2) is 0 Å². The molecule has 1 fully saturated rings. The van der Waals surface area contributed by atoms with Crippen molar-refractivity contribution in [1.82, 2.24) is 15.5 Å². The minimum atomic E-state index is -1.12. The first-order valence-electron chi connectivity index (χ1n) is 12.1. The molecule has 1 aromatic rings. The molecule has 1 saturated carbocycles. The van der Waals surface area contributed by atoms with Gasteiger partial charge in [0, 0.05) is 23.9 Å². The van der Waals surface area contributed by atoms with Gasteiger partial charge in [-0.3, -0.25) is 9.59 Å². The normalized spacial score (nSPS) is 16.0. The van der Waals surface area contributed by atoms with Crippen molar-refractivity contribution < 1.29 is 24.2 Å². The monoisotopic (exact) mass is 505 g/mol. The number of hydrogen-bond donors (Lipinski definition) is 4. The Hall–Kier alpha value is -2.68. The molecule has 0 radical (unpaired) electrons. The summed E-state index contributed by atoms with van der Waals surface area (Å²) in [6.07, 6.45) is 5.68. The van der Waals surface area contributed by atoms with E-state index in [0.29, 0.717) is 11.1 Å². The summed E-state index contributed by atoms with van der Waals surface area (Å²) in [6, 6.07) is 2.93. The molecule has 35 heavy (non-hydrogen) atoms. The van der Waals surface area contributed by atoms with Crippen LogP contribution in [-0.4, -0.2) is 57.9 Å². The first-order chi connectivity index (χ1) is 16.5. The molecule has 0 aliphatic heterocycles. The Morgan fingerprint density at radius 2 is 1.91 bits per heavy atom. The Morgan fingerprint density at radius 3 is 2.49 bits per heavy atom. The maximum atomic E-state index is 13.7. The zero-order chi connectivity index (χ0) is 26.2. The standard InChI is InChI=1S/C26H39N3O5S/c1-6-15-29(24(32)20(16-35)28-25(33)34-26(3,4)5)21(19-14-10-11-17(2)22(19)30)23(31)27-18-12-8-7-9-13-18/h6,10-11,14,18,20-21,30,35H,1,7-9,12-13,15-16H2,2-5H3,(H,27,31)(H,28,33). The second-order valence-electron chi connectivity index (χ2n) is 9.92. The van der Waals surface area contributed by atoms with E-state index in [0.717, 1.165) is 32.1 Å². The van der Waals surface area contributed by atoms with E-state index in [1.165, 1.54) is 11.0 Å². The number of nitrogens with one attached hydrogen (secondary N) is 2. The third-order valence-corrected chi connectivity index (χ3v) is 6.22. The number of ether oxygens (including phenoxy) is 1.